The maximum absolute atomic E-state index is 11.9. The van der Waals surface area contributed by atoms with Crippen molar-refractivity contribution in [2.75, 3.05) is 19.0 Å². The summed E-state index contributed by atoms with van der Waals surface area (Å²) < 4.78 is 11.1. The molecule has 0 saturated carbocycles. The van der Waals surface area contributed by atoms with Crippen molar-refractivity contribution in [2.24, 2.45) is 0 Å². The number of methoxy groups -OCH3 is 1. The Morgan fingerprint density at radius 1 is 1.12 bits per heavy atom. The Hall–Kier alpha value is -2.75. The fourth-order valence-electron chi connectivity index (χ4n) is 2.11. The maximum atomic E-state index is 11.9. The van der Waals surface area contributed by atoms with E-state index in [9.17, 15) is 4.79 Å². The highest BCUT2D eigenvalue weighted by Crippen LogP contribution is 2.28. The third-order valence-corrected chi connectivity index (χ3v) is 3.41. The third-order valence-electron chi connectivity index (χ3n) is 3.41. The minimum atomic E-state index is -0.177. The van der Waals surface area contributed by atoms with Crippen LogP contribution in [0.3, 0.4) is 0 Å². The lowest BCUT2D eigenvalue weighted by Crippen LogP contribution is -2.07. The first-order valence-corrected chi connectivity index (χ1v) is 8.08. The molecule has 4 heteroatoms. The number of hydrogen-bond acceptors (Lipinski definition) is 3. The van der Waals surface area contributed by atoms with E-state index in [1.807, 2.05) is 48.5 Å². The van der Waals surface area contributed by atoms with Gasteiger partial charge in [-0.05, 0) is 42.3 Å². The second kappa shape index (κ2) is 9.40. The van der Waals surface area contributed by atoms with Crippen LogP contribution in [-0.2, 0) is 4.79 Å². The smallest absolute Gasteiger partial charge is 0.248 e. The van der Waals surface area contributed by atoms with E-state index < -0.39 is 0 Å². The van der Waals surface area contributed by atoms with Gasteiger partial charge in [0.1, 0.15) is 0 Å². The molecule has 0 bridgehead atoms. The first kappa shape index (κ1) is 17.6. The number of para-hydroxylation sites is 1. The summed E-state index contributed by atoms with van der Waals surface area (Å²) in [6, 6.07) is 15.0. The largest absolute Gasteiger partial charge is 0.493 e. The van der Waals surface area contributed by atoms with Crippen LogP contribution in [0.1, 0.15) is 25.3 Å². The fourth-order valence-corrected chi connectivity index (χ4v) is 2.11. The molecule has 0 spiro atoms. The number of unbranched alkanes of at least 4 members (excludes halogenated alkanes) is 1. The molecule has 2 aromatic carbocycles. The van der Waals surface area contributed by atoms with Gasteiger partial charge in [0, 0.05) is 11.8 Å². The predicted molar refractivity (Wildman–Crippen MR) is 97.5 cm³/mol. The summed E-state index contributed by atoms with van der Waals surface area (Å²) in [6.07, 6.45) is 5.33. The molecule has 0 heterocycles. The van der Waals surface area contributed by atoms with Gasteiger partial charge in [0.25, 0.3) is 0 Å². The first-order chi connectivity index (χ1) is 11.7. The standard InChI is InChI=1S/C20H23NO3/c1-3-4-14-24-18-12-10-16(15-19(18)23-2)11-13-20(22)21-17-8-6-5-7-9-17/h5-13,15H,3-4,14H2,1-2H3,(H,21,22)/b13-11+. The number of carbonyl (C=O) groups excluding carboxylic acids is 1. The molecular formula is C20H23NO3. The molecule has 2 rings (SSSR count). The normalized spacial score (nSPS) is 10.6. The molecule has 126 valence electrons. The van der Waals surface area contributed by atoms with Gasteiger partial charge in [0.15, 0.2) is 11.5 Å². The second-order valence-electron chi connectivity index (χ2n) is 5.30. The Balaban J connectivity index is 1.99. The Labute approximate surface area is 143 Å². The SMILES string of the molecule is CCCCOc1ccc(/C=C/C(=O)Nc2ccccc2)cc1OC. The minimum Gasteiger partial charge on any atom is -0.493 e. The van der Waals surface area contributed by atoms with Gasteiger partial charge in [-0.1, -0.05) is 37.6 Å². The van der Waals surface area contributed by atoms with Crippen LogP contribution in [0.15, 0.2) is 54.6 Å². The number of anilines is 1. The highest BCUT2D eigenvalue weighted by molar-refractivity contribution is 6.01. The number of benzene rings is 2. The highest BCUT2D eigenvalue weighted by atomic mass is 16.5. The van der Waals surface area contributed by atoms with Gasteiger partial charge in [-0.3, -0.25) is 4.79 Å². The molecule has 24 heavy (non-hydrogen) atoms. The second-order valence-corrected chi connectivity index (χ2v) is 5.30. The first-order valence-electron chi connectivity index (χ1n) is 8.08. The van der Waals surface area contributed by atoms with Crippen LogP contribution >= 0.6 is 0 Å². The van der Waals surface area contributed by atoms with E-state index in [-0.39, 0.29) is 5.91 Å². The van der Waals surface area contributed by atoms with Crippen molar-refractivity contribution in [3.8, 4) is 11.5 Å². The van der Waals surface area contributed by atoms with Gasteiger partial charge < -0.3 is 14.8 Å². The summed E-state index contributed by atoms with van der Waals surface area (Å²) in [7, 11) is 1.61. The van der Waals surface area contributed by atoms with Crippen LogP contribution in [0, 0.1) is 0 Å². The topological polar surface area (TPSA) is 47.6 Å². The van der Waals surface area contributed by atoms with E-state index in [0.29, 0.717) is 12.4 Å². The zero-order chi connectivity index (χ0) is 17.2. The predicted octanol–water partition coefficient (Wildman–Crippen LogP) is 4.53. The quantitative estimate of drug-likeness (QED) is 0.573. The number of ether oxygens (including phenoxy) is 2. The van der Waals surface area contributed by atoms with Gasteiger partial charge >= 0.3 is 0 Å². The van der Waals surface area contributed by atoms with Crippen molar-refractivity contribution in [3.63, 3.8) is 0 Å². The molecule has 4 nitrogen and oxygen atoms in total. The van der Waals surface area contributed by atoms with Gasteiger partial charge in [0.2, 0.25) is 5.91 Å². The van der Waals surface area contributed by atoms with Gasteiger partial charge in [-0.15, -0.1) is 0 Å². The molecule has 0 saturated heterocycles. The third kappa shape index (κ3) is 5.47. The van der Waals surface area contributed by atoms with Crippen molar-refractivity contribution >= 4 is 17.7 Å². The van der Waals surface area contributed by atoms with Gasteiger partial charge in [0.05, 0.1) is 13.7 Å². The van der Waals surface area contributed by atoms with Crippen LogP contribution in [0.5, 0.6) is 11.5 Å². The lowest BCUT2D eigenvalue weighted by Gasteiger charge is -2.10. The van der Waals surface area contributed by atoms with E-state index in [4.69, 9.17) is 9.47 Å². The van der Waals surface area contributed by atoms with E-state index in [0.717, 1.165) is 29.8 Å². The Kier molecular flexibility index (Phi) is 6.90. The highest BCUT2D eigenvalue weighted by Gasteiger charge is 2.05. The summed E-state index contributed by atoms with van der Waals surface area (Å²) in [5.41, 5.74) is 1.64. The van der Waals surface area contributed by atoms with Crippen LogP contribution in [0.2, 0.25) is 0 Å². The average Bonchev–Trinajstić information content (AvgIpc) is 2.61. The van der Waals surface area contributed by atoms with E-state index in [2.05, 4.69) is 12.2 Å². The average molecular weight is 325 g/mol. The molecule has 0 radical (unpaired) electrons. The van der Waals surface area contributed by atoms with E-state index in [1.165, 1.54) is 6.08 Å². The van der Waals surface area contributed by atoms with E-state index >= 15 is 0 Å². The van der Waals surface area contributed by atoms with Crippen molar-refractivity contribution in [3.05, 3.63) is 60.2 Å². The van der Waals surface area contributed by atoms with Crippen molar-refractivity contribution in [1.29, 1.82) is 0 Å². The monoisotopic (exact) mass is 325 g/mol. The van der Waals surface area contributed by atoms with Crippen LogP contribution < -0.4 is 14.8 Å². The zero-order valence-electron chi connectivity index (χ0n) is 14.1. The molecule has 1 amide bonds. The number of carbonyl (C=O) groups is 1. The van der Waals surface area contributed by atoms with Crippen LogP contribution in [-0.4, -0.2) is 19.6 Å². The number of amides is 1. The Morgan fingerprint density at radius 2 is 1.92 bits per heavy atom. The number of rotatable bonds is 8. The van der Waals surface area contributed by atoms with Gasteiger partial charge in [-0.2, -0.15) is 0 Å². The molecule has 0 aliphatic heterocycles. The Morgan fingerprint density at radius 3 is 2.62 bits per heavy atom. The lowest BCUT2D eigenvalue weighted by molar-refractivity contribution is -0.111. The Bertz CT molecular complexity index is 681. The number of hydrogen-bond donors (Lipinski definition) is 1. The summed E-state index contributed by atoms with van der Waals surface area (Å²) in [4.78, 5) is 11.9. The molecule has 0 unspecified atom stereocenters. The molecule has 0 aliphatic carbocycles. The van der Waals surface area contributed by atoms with Crippen LogP contribution in [0.4, 0.5) is 5.69 Å². The molecule has 0 atom stereocenters. The molecule has 1 N–H and O–H groups in total. The molecule has 0 aromatic heterocycles. The molecular weight excluding hydrogens is 302 g/mol. The lowest BCUT2D eigenvalue weighted by atomic mass is 10.2. The van der Waals surface area contributed by atoms with E-state index in [1.54, 1.807) is 13.2 Å². The summed E-state index contributed by atoms with van der Waals surface area (Å²) in [5, 5.41) is 2.80. The fraction of sp³-hybridized carbons (Fsp3) is 0.250. The minimum absolute atomic E-state index is 0.177. The zero-order valence-corrected chi connectivity index (χ0v) is 14.1. The van der Waals surface area contributed by atoms with Crippen molar-refractivity contribution in [1.82, 2.24) is 0 Å². The molecule has 2 aromatic rings. The van der Waals surface area contributed by atoms with Crippen molar-refractivity contribution < 1.29 is 14.3 Å². The van der Waals surface area contributed by atoms with Crippen molar-refractivity contribution in [2.45, 2.75) is 19.8 Å². The van der Waals surface area contributed by atoms with Gasteiger partial charge in [-0.25, -0.2) is 0 Å². The summed E-state index contributed by atoms with van der Waals surface area (Å²) >= 11 is 0. The maximum Gasteiger partial charge on any atom is 0.248 e. The van der Waals surface area contributed by atoms with Crippen LogP contribution in [0.25, 0.3) is 6.08 Å². The number of nitrogens with one attached hydrogen (secondary N) is 1. The molecule has 0 fully saturated rings. The summed E-state index contributed by atoms with van der Waals surface area (Å²) in [5.74, 6) is 1.21. The molecule has 0 aliphatic rings. The summed E-state index contributed by atoms with van der Waals surface area (Å²) in [6.45, 7) is 2.79.